The molecule has 3 N–H and O–H groups in total. The van der Waals surface area contributed by atoms with E-state index in [2.05, 4.69) is 26.1 Å². The molecule has 1 aromatic rings. The SMILES string of the molecule is CC(CCC(=O)Nc1ccc2c(c1)OCO2)C1CCC2C3C(O)CC4CC(O)CCC4(C)C3CCC12C. The molecule has 5 aliphatic rings. The summed E-state index contributed by atoms with van der Waals surface area (Å²) < 4.78 is 10.8. The third-order valence-corrected chi connectivity index (χ3v) is 11.9. The number of carbonyl (C=O) groups is 1. The zero-order valence-corrected chi connectivity index (χ0v) is 22.7. The first kappa shape index (κ1) is 25.5. The van der Waals surface area contributed by atoms with Crippen LogP contribution in [0.15, 0.2) is 18.2 Å². The van der Waals surface area contributed by atoms with Crippen molar-refractivity contribution in [1.82, 2.24) is 0 Å². The van der Waals surface area contributed by atoms with E-state index in [1.54, 1.807) is 0 Å². The van der Waals surface area contributed by atoms with Crippen LogP contribution in [-0.4, -0.2) is 35.1 Å². The Hall–Kier alpha value is -1.79. The maximum atomic E-state index is 12.8. The number of rotatable bonds is 5. The quantitative estimate of drug-likeness (QED) is 0.468. The van der Waals surface area contributed by atoms with Crippen LogP contribution >= 0.6 is 0 Å². The topological polar surface area (TPSA) is 88.0 Å². The monoisotopic (exact) mass is 511 g/mol. The standard InChI is InChI=1S/C31H45NO5/c1-18(4-9-28(35)32-20-5-8-26-27(16-20)37-17-36-26)22-6-7-23-29-24(11-13-31(22,23)3)30(2)12-10-21(33)14-19(30)15-25(29)34/h5,8,16,18-19,21-25,29,33-34H,4,6-7,9-15,17H2,1-3H3,(H,32,35). The summed E-state index contributed by atoms with van der Waals surface area (Å²) in [6.45, 7) is 7.55. The number of fused-ring (bicyclic) bond motifs is 6. The van der Waals surface area contributed by atoms with Gasteiger partial charge in [-0.2, -0.15) is 0 Å². The van der Waals surface area contributed by atoms with Crippen molar-refractivity contribution in [1.29, 1.82) is 0 Å². The van der Waals surface area contributed by atoms with E-state index >= 15 is 0 Å². The zero-order chi connectivity index (χ0) is 25.9. The highest BCUT2D eigenvalue weighted by molar-refractivity contribution is 5.91. The van der Waals surface area contributed by atoms with Gasteiger partial charge in [0, 0.05) is 18.2 Å². The van der Waals surface area contributed by atoms with Crippen LogP contribution in [-0.2, 0) is 4.79 Å². The van der Waals surface area contributed by atoms with Gasteiger partial charge in [0.2, 0.25) is 12.7 Å². The van der Waals surface area contributed by atoms with Gasteiger partial charge in [-0.15, -0.1) is 0 Å². The molecule has 6 rings (SSSR count). The van der Waals surface area contributed by atoms with Gasteiger partial charge in [-0.3, -0.25) is 4.79 Å². The van der Waals surface area contributed by atoms with Gasteiger partial charge in [-0.1, -0.05) is 20.8 Å². The molecule has 6 nitrogen and oxygen atoms in total. The predicted molar refractivity (Wildman–Crippen MR) is 142 cm³/mol. The number of benzene rings is 1. The smallest absolute Gasteiger partial charge is 0.231 e. The van der Waals surface area contributed by atoms with E-state index in [1.807, 2.05) is 18.2 Å². The first-order valence-electron chi connectivity index (χ1n) is 14.7. The molecule has 4 saturated carbocycles. The van der Waals surface area contributed by atoms with E-state index in [0.29, 0.717) is 47.7 Å². The average Bonchev–Trinajstić information content (AvgIpc) is 3.47. The predicted octanol–water partition coefficient (Wildman–Crippen LogP) is 5.76. The lowest BCUT2D eigenvalue weighted by molar-refractivity contribution is -0.174. The van der Waals surface area contributed by atoms with E-state index in [9.17, 15) is 15.0 Å². The van der Waals surface area contributed by atoms with E-state index in [-0.39, 0.29) is 35.7 Å². The molecule has 0 bridgehead atoms. The Morgan fingerprint density at radius 1 is 1.03 bits per heavy atom. The first-order chi connectivity index (χ1) is 17.7. The number of carbonyl (C=O) groups excluding carboxylic acids is 1. The molecule has 0 radical (unpaired) electrons. The maximum absolute atomic E-state index is 12.8. The van der Waals surface area contributed by atoms with Crippen molar-refractivity contribution < 1.29 is 24.5 Å². The number of hydrogen-bond donors (Lipinski definition) is 3. The molecule has 6 heteroatoms. The minimum Gasteiger partial charge on any atom is -0.454 e. The molecule has 0 spiro atoms. The fourth-order valence-corrected chi connectivity index (χ4v) is 9.93. The highest BCUT2D eigenvalue weighted by Gasteiger charge is 2.62. The van der Waals surface area contributed by atoms with Crippen LogP contribution in [0.2, 0.25) is 0 Å². The second-order valence-corrected chi connectivity index (χ2v) is 13.6. The summed E-state index contributed by atoms with van der Waals surface area (Å²) in [5.74, 6) is 4.52. The van der Waals surface area contributed by atoms with Crippen molar-refractivity contribution in [3.8, 4) is 11.5 Å². The van der Waals surface area contributed by atoms with Gasteiger partial charge in [-0.05, 0) is 116 Å². The van der Waals surface area contributed by atoms with Gasteiger partial charge < -0.3 is 25.0 Å². The highest BCUT2D eigenvalue weighted by Crippen LogP contribution is 2.68. The van der Waals surface area contributed by atoms with Crippen molar-refractivity contribution in [2.24, 2.45) is 46.3 Å². The normalized spacial score (nSPS) is 42.9. The molecule has 0 aromatic heterocycles. The van der Waals surface area contributed by atoms with Gasteiger partial charge in [0.25, 0.3) is 0 Å². The van der Waals surface area contributed by atoms with Gasteiger partial charge in [0.1, 0.15) is 0 Å². The van der Waals surface area contributed by atoms with Crippen molar-refractivity contribution >= 4 is 11.6 Å². The average molecular weight is 512 g/mol. The van der Waals surface area contributed by atoms with Crippen LogP contribution in [0.25, 0.3) is 0 Å². The molecule has 1 heterocycles. The van der Waals surface area contributed by atoms with Gasteiger partial charge in [-0.25, -0.2) is 0 Å². The molecule has 37 heavy (non-hydrogen) atoms. The molecule has 0 saturated heterocycles. The summed E-state index contributed by atoms with van der Waals surface area (Å²) in [5, 5.41) is 24.8. The lowest BCUT2D eigenvalue weighted by atomic mass is 9.43. The number of anilines is 1. The van der Waals surface area contributed by atoms with Crippen LogP contribution in [0, 0.1) is 46.3 Å². The van der Waals surface area contributed by atoms with E-state index in [1.165, 1.54) is 25.7 Å². The lowest BCUT2D eigenvalue weighted by Gasteiger charge is -2.62. The second-order valence-electron chi connectivity index (χ2n) is 13.6. The molecular weight excluding hydrogens is 466 g/mol. The summed E-state index contributed by atoms with van der Waals surface area (Å²) in [6, 6.07) is 5.54. The fraction of sp³-hybridized carbons (Fsp3) is 0.774. The third kappa shape index (κ3) is 4.27. The Morgan fingerprint density at radius 3 is 2.62 bits per heavy atom. The van der Waals surface area contributed by atoms with Crippen molar-refractivity contribution in [2.45, 2.75) is 97.2 Å². The largest absolute Gasteiger partial charge is 0.454 e. The fourth-order valence-electron chi connectivity index (χ4n) is 9.93. The molecule has 204 valence electrons. The Kier molecular flexibility index (Phi) is 6.50. The van der Waals surface area contributed by atoms with Crippen LogP contribution < -0.4 is 14.8 Å². The molecule has 10 unspecified atom stereocenters. The molecular formula is C31H45NO5. The second kappa shape index (κ2) is 9.44. The number of aliphatic hydroxyl groups is 2. The molecule has 1 aromatic carbocycles. The number of ether oxygens (including phenoxy) is 2. The van der Waals surface area contributed by atoms with E-state index in [4.69, 9.17) is 9.47 Å². The lowest BCUT2D eigenvalue weighted by Crippen LogP contribution is -2.58. The number of hydrogen-bond acceptors (Lipinski definition) is 5. The molecule has 10 atom stereocenters. The van der Waals surface area contributed by atoms with Crippen LogP contribution in [0.1, 0.15) is 85.0 Å². The van der Waals surface area contributed by atoms with Gasteiger partial charge in [0.05, 0.1) is 12.2 Å². The van der Waals surface area contributed by atoms with Crippen LogP contribution in [0.3, 0.4) is 0 Å². The van der Waals surface area contributed by atoms with E-state index < -0.39 is 0 Å². The van der Waals surface area contributed by atoms with Gasteiger partial charge >= 0.3 is 0 Å². The summed E-state index contributed by atoms with van der Waals surface area (Å²) in [4.78, 5) is 12.8. The highest BCUT2D eigenvalue weighted by atomic mass is 16.7. The van der Waals surface area contributed by atoms with Crippen LogP contribution in [0.4, 0.5) is 5.69 Å². The maximum Gasteiger partial charge on any atom is 0.231 e. The summed E-state index contributed by atoms with van der Waals surface area (Å²) in [7, 11) is 0. The van der Waals surface area contributed by atoms with Gasteiger partial charge in [0.15, 0.2) is 11.5 Å². The summed E-state index contributed by atoms with van der Waals surface area (Å²) in [5.41, 5.74) is 1.26. The Labute approximate surface area is 221 Å². The number of amides is 1. The van der Waals surface area contributed by atoms with Crippen molar-refractivity contribution in [3.05, 3.63) is 18.2 Å². The molecule has 4 aliphatic carbocycles. The zero-order valence-electron chi connectivity index (χ0n) is 22.7. The number of aliphatic hydroxyl groups excluding tert-OH is 2. The minimum absolute atomic E-state index is 0.0512. The van der Waals surface area contributed by atoms with E-state index in [0.717, 1.165) is 43.5 Å². The Morgan fingerprint density at radius 2 is 1.78 bits per heavy atom. The van der Waals surface area contributed by atoms with Crippen LogP contribution in [0.5, 0.6) is 11.5 Å². The summed E-state index contributed by atoms with van der Waals surface area (Å²) >= 11 is 0. The first-order valence-corrected chi connectivity index (χ1v) is 14.7. The molecule has 1 amide bonds. The number of nitrogens with one attached hydrogen (secondary N) is 1. The minimum atomic E-state index is -0.237. The van der Waals surface area contributed by atoms with Crippen molar-refractivity contribution in [2.75, 3.05) is 12.1 Å². The molecule has 4 fully saturated rings. The Bertz CT molecular complexity index is 1030. The van der Waals surface area contributed by atoms with Crippen molar-refractivity contribution in [3.63, 3.8) is 0 Å². The summed E-state index contributed by atoms with van der Waals surface area (Å²) in [6.07, 6.45) is 9.58. The molecule has 1 aliphatic heterocycles. The third-order valence-electron chi connectivity index (χ3n) is 11.9. The Balaban J connectivity index is 1.09.